The summed E-state index contributed by atoms with van der Waals surface area (Å²) < 4.78 is 172. The zero-order valence-corrected chi connectivity index (χ0v) is 69.8. The number of halogens is 9. The third-order valence-corrected chi connectivity index (χ3v) is 21.8. The number of hydrogen-bond acceptors (Lipinski definition) is 26. The Morgan fingerprint density at radius 3 is 1.16 bits per heavy atom. The molecule has 15 rings (SSSR count). The van der Waals surface area contributed by atoms with E-state index in [-0.39, 0.29) is 140 Å². The molecule has 4 aromatic carbocycles. The highest BCUT2D eigenvalue weighted by atomic mass is 19.2. The summed E-state index contributed by atoms with van der Waals surface area (Å²) in [4.78, 5) is 171. The van der Waals surface area contributed by atoms with Crippen LogP contribution in [0.5, 0.6) is 23.0 Å². The van der Waals surface area contributed by atoms with Gasteiger partial charge in [-0.15, -0.1) is 0 Å². The Labute approximate surface area is 724 Å². The minimum atomic E-state index is -1.20. The molecule has 7 aliphatic rings. The van der Waals surface area contributed by atoms with E-state index in [2.05, 4.69) is 20.7 Å². The monoisotopic (exact) mass is 1820 g/mol. The van der Waals surface area contributed by atoms with Crippen molar-refractivity contribution in [1.82, 2.24) is 48.9 Å². The van der Waals surface area contributed by atoms with Gasteiger partial charge in [-0.3, -0.25) is 43.2 Å². The summed E-state index contributed by atoms with van der Waals surface area (Å²) >= 11 is 0. The van der Waals surface area contributed by atoms with E-state index in [1.807, 2.05) is 37.3 Å². The number of likely N-dealkylation sites (N-methyl/N-ethyl adjacent to an activating group) is 3. The fraction of sp³-hybridized carbons (Fsp3) is 0.369. The Kier molecular flexibility index (Phi) is 32.0. The van der Waals surface area contributed by atoms with E-state index in [0.717, 1.165) is 18.0 Å². The lowest BCUT2D eigenvalue weighted by molar-refractivity contribution is -0.191. The van der Waals surface area contributed by atoms with Crippen molar-refractivity contribution in [1.29, 1.82) is 0 Å². The van der Waals surface area contributed by atoms with Gasteiger partial charge in [-0.1, -0.05) is 30.3 Å². The number of esters is 2. The van der Waals surface area contributed by atoms with Crippen molar-refractivity contribution in [2.24, 2.45) is 5.73 Å². The number of alkyl carbamates (subject to hydrolysis) is 1. The Morgan fingerprint density at radius 2 is 0.791 bits per heavy atom. The maximum atomic E-state index is 13.8. The first-order chi connectivity index (χ1) is 61.5. The molecule has 7 aliphatic heterocycles. The van der Waals surface area contributed by atoms with Crippen LogP contribution in [0, 0.1) is 59.3 Å². The number of aromatic nitrogens is 4. The number of hydrogen-bond donors (Lipinski definition) is 6. The molecule has 0 aliphatic carbocycles. The number of ether oxygens (including phenoxy) is 9. The van der Waals surface area contributed by atoms with E-state index < -0.39 is 181 Å². The lowest BCUT2D eigenvalue weighted by Gasteiger charge is -2.38. The van der Waals surface area contributed by atoms with E-state index in [0.29, 0.717) is 74.9 Å². The van der Waals surface area contributed by atoms with Gasteiger partial charge in [0.2, 0.25) is 21.7 Å². The molecule has 688 valence electrons. The number of benzene rings is 4. The number of nitrogens with two attached hydrogens (primary N) is 1. The summed E-state index contributed by atoms with van der Waals surface area (Å²) in [5, 5.41) is 28.0. The van der Waals surface area contributed by atoms with E-state index in [1.54, 1.807) is 34.8 Å². The van der Waals surface area contributed by atoms with E-state index in [4.69, 9.17) is 53.2 Å². The molecule has 6 amide bonds. The van der Waals surface area contributed by atoms with Crippen LogP contribution in [0.25, 0.3) is 0 Å². The second-order valence-electron chi connectivity index (χ2n) is 28.9. The van der Waals surface area contributed by atoms with Crippen molar-refractivity contribution in [3.05, 3.63) is 252 Å². The normalized spacial score (nSPS) is 18.7. The highest BCUT2D eigenvalue weighted by Crippen LogP contribution is 2.39. The maximum absolute atomic E-state index is 13.8. The van der Waals surface area contributed by atoms with Crippen LogP contribution in [0.15, 0.2) is 111 Å². The molecule has 8 atom stereocenters. The number of nitrogens with one attached hydrogen (secondary N) is 3. The molecule has 4 saturated heterocycles. The number of nitrogens with zero attached hydrogens (tertiary/aromatic N) is 7. The molecule has 7 N–H and O–H groups in total. The molecule has 4 fully saturated rings. The Bertz CT molecular complexity index is 5700. The molecule has 0 spiro atoms. The van der Waals surface area contributed by atoms with Crippen molar-refractivity contribution in [3.63, 3.8) is 0 Å². The molecule has 4 aromatic heterocycles. The Hall–Kier alpha value is -14.0. The number of rotatable bonds is 18. The van der Waals surface area contributed by atoms with Crippen LogP contribution < -0.4 is 52.9 Å². The number of carbonyl (C=O) groups is 8. The molecule has 129 heavy (non-hydrogen) atoms. The van der Waals surface area contributed by atoms with Crippen molar-refractivity contribution >= 4 is 53.7 Å². The van der Waals surface area contributed by atoms with Gasteiger partial charge in [0.1, 0.15) is 81.2 Å². The van der Waals surface area contributed by atoms with Gasteiger partial charge in [0.05, 0.1) is 135 Å². The topological polar surface area (TPSA) is 454 Å². The minimum Gasteiger partial charge on any atom is -0.503 e. The van der Waals surface area contributed by atoms with Crippen LogP contribution in [-0.4, -0.2) is 222 Å². The average molecular weight is 1820 g/mol. The zero-order chi connectivity index (χ0) is 94.4. The molecule has 8 aromatic rings. The molecule has 0 unspecified atom stereocenters. The first kappa shape index (κ1) is 97.2. The maximum Gasteiger partial charge on any atom is 0.407 e. The number of amides is 6. The summed E-state index contributed by atoms with van der Waals surface area (Å²) in [5.74, 6) is -16.7. The second kappa shape index (κ2) is 42.5. The van der Waals surface area contributed by atoms with Crippen LogP contribution in [0.3, 0.4) is 0 Å². The first-order valence-electron chi connectivity index (χ1n) is 39.2. The number of methoxy groups -OCH3 is 4. The fourth-order valence-electron chi connectivity index (χ4n) is 15.5. The van der Waals surface area contributed by atoms with Crippen molar-refractivity contribution < 1.29 is 140 Å². The standard InChI is InChI=1S/C21H24N2O7.2C20H18F3N3O5.C15H18N2O6.C7H6F3N.CO2/c1-13-19(27-2)18(24)15(20(25)28-3)9-23(13)17-12-29-11-16(17)22-21(26)30-10-14-7-5-4-6-8-14;2*1-2-25-14-7-31-8-15(14)26-6-11(17(27)18(28)16(26)20(25)30)19(29)24-5-10-12(22)3-9(21)4-13(10)23;1-4-16-9-6-23-7-10(9)17-5-8(15(20)22-3)12(18)13(21-2)11(17)14(16)19;8-4-1-6(9)5(3-11)7(10)2-4;2-1-3/h4-9,16-17H,10-12H2,1-3H3,(H,22,26);2*3-4,6,14-15,28H,2,5,7-8H2,1H3,(H,24,29);5,9-10H,4,6-7H2,1-3H3;1-2H,3,11H2;/t16-,17+;2*14-,15+;9-,10+;;/m1111../s1. The smallest absolute Gasteiger partial charge is 0.407 e. The number of fused-ring (bicyclic) bond motifs is 9. The van der Waals surface area contributed by atoms with Gasteiger partial charge in [-0.05, 0) is 33.3 Å². The van der Waals surface area contributed by atoms with Crippen LogP contribution in [-0.2, 0) is 69.0 Å². The number of pyridine rings is 4. The van der Waals surface area contributed by atoms with Gasteiger partial charge >= 0.3 is 24.2 Å². The van der Waals surface area contributed by atoms with Crippen LogP contribution in [0.1, 0.15) is 146 Å². The molecule has 11 heterocycles. The zero-order valence-electron chi connectivity index (χ0n) is 69.8. The first-order valence-corrected chi connectivity index (χ1v) is 39.2. The number of carbonyl (C=O) groups excluding carboxylic acids is 10. The van der Waals surface area contributed by atoms with Crippen molar-refractivity contribution in [2.45, 2.75) is 102 Å². The quantitative estimate of drug-likeness (QED) is 0.0351. The molecule has 45 heteroatoms. The van der Waals surface area contributed by atoms with Crippen molar-refractivity contribution in [2.75, 3.05) is 101 Å². The molecule has 36 nitrogen and oxygen atoms in total. The largest absolute Gasteiger partial charge is 0.503 e. The summed E-state index contributed by atoms with van der Waals surface area (Å²) in [6.07, 6.45) is 4.74. The molecular weight excluding hydrogens is 1730 g/mol. The van der Waals surface area contributed by atoms with Crippen LogP contribution >= 0.6 is 0 Å². The SMILES string of the molecule is CCN1C(=O)c2c(O)c(=O)c(C(=O)NCc3c(F)cc(F)cc3F)cn2[C@H]2COC[C@H]21.CCN1C(=O)c2c(O)c(=O)c(C(=O)NCc3c(F)cc(F)cc3F)cn2[C@H]2COC[C@H]21.CCN1C(=O)c2c(OC)c(=O)c(C(=O)OC)cn2[C@H]2COC[C@H]21.COC(=O)c1cn([C@H]2COC[C@H]2NC(=O)OCc2ccccc2)c(C)c(OC)c1=O.NCc1c(F)cc(F)cc1F.O=C=O. The third-order valence-electron chi connectivity index (χ3n) is 21.8. The average Bonchev–Trinajstić information content (AvgIpc) is 1.73. The molecule has 0 bridgehead atoms. The predicted molar refractivity (Wildman–Crippen MR) is 425 cm³/mol. The number of aromatic hydroxyl groups is 2. The van der Waals surface area contributed by atoms with E-state index >= 15 is 0 Å². The third kappa shape index (κ3) is 20.4. The second-order valence-corrected chi connectivity index (χ2v) is 28.9. The van der Waals surface area contributed by atoms with Gasteiger partial charge in [-0.25, -0.2) is 53.9 Å². The Morgan fingerprint density at radius 1 is 0.457 bits per heavy atom. The van der Waals surface area contributed by atoms with Gasteiger partial charge in [0.15, 0.2) is 40.1 Å². The molecule has 0 radical (unpaired) electrons. The molecule has 0 saturated carbocycles. The van der Waals surface area contributed by atoms with Crippen LogP contribution in [0.2, 0.25) is 0 Å². The fourth-order valence-corrected chi connectivity index (χ4v) is 15.5. The summed E-state index contributed by atoms with van der Waals surface area (Å²) in [6.45, 7) is 9.12. The predicted octanol–water partition coefficient (Wildman–Crippen LogP) is 5.49. The van der Waals surface area contributed by atoms with Gasteiger partial charge < -0.3 is 107 Å². The molecular formula is C84H84F9N11O25. The highest BCUT2D eigenvalue weighted by Gasteiger charge is 2.48. The van der Waals surface area contributed by atoms with Gasteiger partial charge in [0, 0.05) is 117 Å². The summed E-state index contributed by atoms with van der Waals surface area (Å²) in [6, 6.07) is 9.82. The van der Waals surface area contributed by atoms with E-state index in [1.165, 1.54) is 59.8 Å². The minimum absolute atomic E-state index is 0.0372. The lowest BCUT2D eigenvalue weighted by Crippen LogP contribution is -2.51. The lowest BCUT2D eigenvalue weighted by atomic mass is 10.0. The van der Waals surface area contributed by atoms with Crippen LogP contribution in [0.4, 0.5) is 44.3 Å². The highest BCUT2D eigenvalue weighted by molar-refractivity contribution is 6.01. The summed E-state index contributed by atoms with van der Waals surface area (Å²) in [5.41, 5.74) is -0.127. The summed E-state index contributed by atoms with van der Waals surface area (Å²) in [7, 11) is 5.06. The van der Waals surface area contributed by atoms with E-state index in [9.17, 15) is 107 Å². The van der Waals surface area contributed by atoms with Crippen molar-refractivity contribution in [3.8, 4) is 23.0 Å². The van der Waals surface area contributed by atoms with Gasteiger partial charge in [0.25, 0.3) is 29.5 Å². The van der Waals surface area contributed by atoms with Gasteiger partial charge in [-0.2, -0.15) is 9.59 Å². The Balaban J connectivity index is 0.000000171.